The summed E-state index contributed by atoms with van der Waals surface area (Å²) >= 11 is 0. The molecule has 0 unspecified atom stereocenters. The van der Waals surface area contributed by atoms with Crippen LogP contribution in [0.2, 0.25) is 0 Å². The van der Waals surface area contributed by atoms with Gasteiger partial charge in [0.1, 0.15) is 11.3 Å². The van der Waals surface area contributed by atoms with Crippen molar-refractivity contribution in [2.75, 3.05) is 13.7 Å². The summed E-state index contributed by atoms with van der Waals surface area (Å²) in [6, 6.07) is -0.162. The second kappa shape index (κ2) is 10.3. The molecule has 0 aromatic rings. The van der Waals surface area contributed by atoms with Crippen molar-refractivity contribution in [1.29, 1.82) is 0 Å². The second-order valence-corrected chi connectivity index (χ2v) is 7.59. The standard InChI is InChI=1S/C19H34N2O5/c1-10-25-16(13(4)20-14(5)17(22)23)11-15(12(2)3)21(9)18(24)26-19(6,7)8/h12,15-16H,5,10-11H2,1-4,6-9H3,(H,22,23)/b20-13+/t15-,16-/m0/s1. The molecule has 7 heteroatoms. The molecule has 7 nitrogen and oxygen atoms in total. The van der Waals surface area contributed by atoms with Crippen LogP contribution in [0.3, 0.4) is 0 Å². The van der Waals surface area contributed by atoms with Crippen molar-refractivity contribution in [2.45, 2.75) is 72.6 Å². The highest BCUT2D eigenvalue weighted by atomic mass is 16.6. The van der Waals surface area contributed by atoms with Crippen LogP contribution in [0.1, 0.15) is 54.9 Å². The highest BCUT2D eigenvalue weighted by molar-refractivity contribution is 5.93. The van der Waals surface area contributed by atoms with E-state index in [-0.39, 0.29) is 17.7 Å². The van der Waals surface area contributed by atoms with Gasteiger partial charge < -0.3 is 19.5 Å². The first-order chi connectivity index (χ1) is 11.8. The molecule has 0 aromatic carbocycles. The molecule has 0 rings (SSSR count). The van der Waals surface area contributed by atoms with Gasteiger partial charge in [-0.25, -0.2) is 14.6 Å². The number of carbonyl (C=O) groups is 2. The Morgan fingerprint density at radius 1 is 1.27 bits per heavy atom. The summed E-state index contributed by atoms with van der Waals surface area (Å²) in [6.45, 7) is 16.9. The lowest BCUT2D eigenvalue weighted by Gasteiger charge is -2.35. The number of hydrogen-bond donors (Lipinski definition) is 1. The molecule has 0 fully saturated rings. The molecule has 0 radical (unpaired) electrons. The lowest BCUT2D eigenvalue weighted by atomic mass is 9.95. The first-order valence-electron chi connectivity index (χ1n) is 8.84. The minimum Gasteiger partial charge on any atom is -0.477 e. The summed E-state index contributed by atoms with van der Waals surface area (Å²) in [7, 11) is 1.70. The summed E-state index contributed by atoms with van der Waals surface area (Å²) in [5.41, 5.74) is -0.306. The third-order valence-corrected chi connectivity index (χ3v) is 3.80. The molecule has 26 heavy (non-hydrogen) atoms. The van der Waals surface area contributed by atoms with E-state index < -0.39 is 23.8 Å². The second-order valence-electron chi connectivity index (χ2n) is 7.59. The molecule has 0 heterocycles. The number of rotatable bonds is 9. The zero-order chi connectivity index (χ0) is 20.7. The van der Waals surface area contributed by atoms with Crippen LogP contribution in [-0.2, 0) is 14.3 Å². The minimum absolute atomic E-state index is 0.144. The third-order valence-electron chi connectivity index (χ3n) is 3.80. The number of carboxylic acids is 1. The topological polar surface area (TPSA) is 88.4 Å². The van der Waals surface area contributed by atoms with Crippen molar-refractivity contribution in [3.8, 4) is 0 Å². The van der Waals surface area contributed by atoms with E-state index in [0.29, 0.717) is 18.7 Å². The molecule has 0 bridgehead atoms. The van der Waals surface area contributed by atoms with E-state index in [1.807, 2.05) is 41.5 Å². The fourth-order valence-electron chi connectivity index (χ4n) is 2.46. The van der Waals surface area contributed by atoms with Gasteiger partial charge in [0, 0.05) is 25.4 Å². The molecule has 0 aliphatic carbocycles. The molecule has 0 saturated heterocycles. The average Bonchev–Trinajstić information content (AvgIpc) is 2.48. The van der Waals surface area contributed by atoms with E-state index in [2.05, 4.69) is 11.6 Å². The van der Waals surface area contributed by atoms with Gasteiger partial charge in [0.25, 0.3) is 0 Å². The van der Waals surface area contributed by atoms with E-state index in [1.54, 1.807) is 18.9 Å². The maximum atomic E-state index is 12.4. The van der Waals surface area contributed by atoms with Gasteiger partial charge in [0.15, 0.2) is 0 Å². The highest BCUT2D eigenvalue weighted by Gasteiger charge is 2.30. The summed E-state index contributed by atoms with van der Waals surface area (Å²) in [5, 5.41) is 8.96. The molecule has 0 spiro atoms. The number of amides is 1. The summed E-state index contributed by atoms with van der Waals surface area (Å²) < 4.78 is 11.2. The van der Waals surface area contributed by atoms with Crippen molar-refractivity contribution >= 4 is 17.8 Å². The lowest BCUT2D eigenvalue weighted by Crippen LogP contribution is -2.46. The van der Waals surface area contributed by atoms with Crippen LogP contribution in [0.4, 0.5) is 4.79 Å². The average molecular weight is 370 g/mol. The van der Waals surface area contributed by atoms with Crippen LogP contribution in [0.5, 0.6) is 0 Å². The fraction of sp³-hybridized carbons (Fsp3) is 0.737. The molecule has 1 amide bonds. The van der Waals surface area contributed by atoms with E-state index in [9.17, 15) is 9.59 Å². The molecule has 0 aliphatic heterocycles. The Bertz CT molecular complexity index is 535. The third kappa shape index (κ3) is 8.47. The molecule has 150 valence electrons. The van der Waals surface area contributed by atoms with Crippen molar-refractivity contribution in [3.63, 3.8) is 0 Å². The number of ether oxygens (including phenoxy) is 2. The lowest BCUT2D eigenvalue weighted by molar-refractivity contribution is -0.132. The number of aliphatic imine (C=N–C) groups is 1. The van der Waals surface area contributed by atoms with E-state index in [0.717, 1.165) is 0 Å². The van der Waals surface area contributed by atoms with Crippen LogP contribution >= 0.6 is 0 Å². The first-order valence-corrected chi connectivity index (χ1v) is 8.84. The van der Waals surface area contributed by atoms with E-state index in [1.165, 1.54) is 0 Å². The molecule has 0 aliphatic rings. The van der Waals surface area contributed by atoms with Gasteiger partial charge in [-0.05, 0) is 47.0 Å². The van der Waals surface area contributed by atoms with Crippen LogP contribution in [0.15, 0.2) is 17.3 Å². The Morgan fingerprint density at radius 2 is 1.81 bits per heavy atom. The van der Waals surface area contributed by atoms with Crippen LogP contribution in [0, 0.1) is 5.92 Å². The monoisotopic (exact) mass is 370 g/mol. The van der Waals surface area contributed by atoms with Crippen LogP contribution < -0.4 is 0 Å². The van der Waals surface area contributed by atoms with Crippen LogP contribution in [0.25, 0.3) is 0 Å². The minimum atomic E-state index is -1.18. The predicted octanol–water partition coefficient (Wildman–Crippen LogP) is 3.73. The van der Waals surface area contributed by atoms with E-state index in [4.69, 9.17) is 14.6 Å². The summed E-state index contributed by atoms with van der Waals surface area (Å²) in [5.74, 6) is -1.03. The van der Waals surface area contributed by atoms with Gasteiger partial charge in [0.05, 0.1) is 6.10 Å². The Morgan fingerprint density at radius 3 is 2.19 bits per heavy atom. The van der Waals surface area contributed by atoms with Crippen LogP contribution in [-0.4, -0.2) is 59.2 Å². The largest absolute Gasteiger partial charge is 0.477 e. The zero-order valence-corrected chi connectivity index (χ0v) is 17.3. The maximum absolute atomic E-state index is 12.4. The molecule has 0 saturated carbocycles. The van der Waals surface area contributed by atoms with Gasteiger partial charge in [0.2, 0.25) is 0 Å². The molecular formula is C19H34N2O5. The maximum Gasteiger partial charge on any atom is 0.410 e. The van der Waals surface area contributed by atoms with Gasteiger partial charge in [-0.3, -0.25) is 0 Å². The molecule has 1 N–H and O–H groups in total. The number of carboxylic acid groups (broad SMARTS) is 1. The van der Waals surface area contributed by atoms with Gasteiger partial charge in [-0.1, -0.05) is 20.4 Å². The first kappa shape index (κ1) is 24.1. The fourth-order valence-corrected chi connectivity index (χ4v) is 2.46. The molecular weight excluding hydrogens is 336 g/mol. The van der Waals surface area contributed by atoms with Gasteiger partial charge in [-0.15, -0.1) is 0 Å². The number of hydrogen-bond acceptors (Lipinski definition) is 5. The Balaban J connectivity index is 5.42. The Labute approximate surface area is 157 Å². The quantitative estimate of drug-likeness (QED) is 0.493. The number of aliphatic carboxylic acids is 1. The Hall–Kier alpha value is -1.89. The van der Waals surface area contributed by atoms with Crippen molar-refractivity contribution in [2.24, 2.45) is 10.9 Å². The number of nitrogens with zero attached hydrogens (tertiary/aromatic N) is 2. The Kier molecular flexibility index (Phi) is 9.56. The van der Waals surface area contributed by atoms with Gasteiger partial charge >= 0.3 is 12.1 Å². The smallest absolute Gasteiger partial charge is 0.410 e. The zero-order valence-electron chi connectivity index (χ0n) is 17.3. The summed E-state index contributed by atoms with van der Waals surface area (Å²) in [4.78, 5) is 29.0. The molecule has 2 atom stereocenters. The number of carbonyl (C=O) groups excluding carboxylic acids is 1. The predicted molar refractivity (Wildman–Crippen MR) is 103 cm³/mol. The molecule has 0 aromatic heterocycles. The highest BCUT2D eigenvalue weighted by Crippen LogP contribution is 2.21. The van der Waals surface area contributed by atoms with Crippen molar-refractivity contribution in [3.05, 3.63) is 12.3 Å². The van der Waals surface area contributed by atoms with Crippen molar-refractivity contribution < 1.29 is 24.2 Å². The normalized spacial score (nSPS) is 14.7. The van der Waals surface area contributed by atoms with E-state index >= 15 is 0 Å². The summed E-state index contributed by atoms with van der Waals surface area (Å²) in [6.07, 6.45) is -0.354. The SMILES string of the molecule is C=C(/N=C(\C)[C@H](C[C@@H](C(C)C)N(C)C(=O)OC(C)(C)C)OCC)C(=O)O. The van der Waals surface area contributed by atoms with Crippen molar-refractivity contribution in [1.82, 2.24) is 4.90 Å². The van der Waals surface area contributed by atoms with Gasteiger partial charge in [-0.2, -0.15) is 0 Å².